The molecule has 4 nitrogen and oxygen atoms in total. The van der Waals surface area contributed by atoms with Crippen LogP contribution in [-0.4, -0.2) is 32.1 Å². The van der Waals surface area contributed by atoms with Crippen molar-refractivity contribution in [3.8, 4) is 0 Å². The predicted molar refractivity (Wildman–Crippen MR) is 89.9 cm³/mol. The Labute approximate surface area is 141 Å². The van der Waals surface area contributed by atoms with Crippen LogP contribution in [0.1, 0.15) is 59.5 Å². The van der Waals surface area contributed by atoms with Crippen molar-refractivity contribution < 1.29 is 18.3 Å². The summed E-state index contributed by atoms with van der Waals surface area (Å²) in [6.45, 7) is 2.54. The van der Waals surface area contributed by atoms with Gasteiger partial charge in [-0.1, -0.05) is 0 Å². The van der Waals surface area contributed by atoms with E-state index in [0.717, 1.165) is 18.4 Å². The minimum Gasteiger partial charge on any atom is -0.465 e. The Morgan fingerprint density at radius 2 is 2.04 bits per heavy atom. The fourth-order valence-corrected chi connectivity index (χ4v) is 3.49. The summed E-state index contributed by atoms with van der Waals surface area (Å²) in [5, 5.41) is 0. The number of alkyl halides is 2. The van der Waals surface area contributed by atoms with Gasteiger partial charge in [0.05, 0.1) is 18.4 Å². The molecule has 0 aromatic heterocycles. The third kappa shape index (κ3) is 3.19. The molecule has 0 bridgehead atoms. The Morgan fingerprint density at radius 1 is 1.33 bits per heavy atom. The van der Waals surface area contributed by atoms with Crippen molar-refractivity contribution in [1.29, 1.82) is 0 Å². The van der Waals surface area contributed by atoms with Gasteiger partial charge in [-0.2, -0.15) is 0 Å². The van der Waals surface area contributed by atoms with Gasteiger partial charge < -0.3 is 15.4 Å². The second kappa shape index (κ2) is 6.22. The van der Waals surface area contributed by atoms with Gasteiger partial charge in [-0.3, -0.25) is 0 Å². The Bertz CT molecular complexity index is 657. The highest BCUT2D eigenvalue weighted by molar-refractivity contribution is 5.99. The smallest absolute Gasteiger partial charge is 0.340 e. The van der Waals surface area contributed by atoms with Crippen molar-refractivity contribution >= 4 is 17.3 Å². The van der Waals surface area contributed by atoms with Crippen LogP contribution in [0.25, 0.3) is 0 Å². The predicted octanol–water partition coefficient (Wildman–Crippen LogP) is 3.87. The summed E-state index contributed by atoms with van der Waals surface area (Å²) in [6, 6.07) is 1.93. The molecule has 1 saturated heterocycles. The van der Waals surface area contributed by atoms with Crippen molar-refractivity contribution in [2.45, 2.75) is 50.9 Å². The normalized spacial score (nSPS) is 20.6. The summed E-state index contributed by atoms with van der Waals surface area (Å²) >= 11 is 0. The number of ether oxygens (including phenoxy) is 1. The van der Waals surface area contributed by atoms with Gasteiger partial charge in [0.15, 0.2) is 0 Å². The van der Waals surface area contributed by atoms with Crippen molar-refractivity contribution in [3.05, 3.63) is 22.8 Å². The Kier molecular flexibility index (Phi) is 4.40. The van der Waals surface area contributed by atoms with Gasteiger partial charge in [0.25, 0.3) is 0 Å². The molecule has 0 amide bonds. The van der Waals surface area contributed by atoms with Gasteiger partial charge in [-0.25, -0.2) is 13.6 Å². The van der Waals surface area contributed by atoms with Crippen LogP contribution in [0, 0.1) is 6.92 Å². The fraction of sp³-hybridized carbons (Fsp3) is 0.611. The van der Waals surface area contributed by atoms with Crippen LogP contribution in [0.15, 0.2) is 6.07 Å². The van der Waals surface area contributed by atoms with Crippen LogP contribution in [-0.2, 0) is 4.74 Å². The van der Waals surface area contributed by atoms with E-state index in [1.165, 1.54) is 7.11 Å². The average molecular weight is 338 g/mol. The van der Waals surface area contributed by atoms with Crippen LogP contribution in [0.3, 0.4) is 0 Å². The summed E-state index contributed by atoms with van der Waals surface area (Å²) in [6.07, 6.45) is 2.25. The van der Waals surface area contributed by atoms with Crippen molar-refractivity contribution in [3.63, 3.8) is 0 Å². The highest BCUT2D eigenvalue weighted by Crippen LogP contribution is 2.46. The lowest BCUT2D eigenvalue weighted by Crippen LogP contribution is -2.28. The zero-order chi connectivity index (χ0) is 17.5. The number of rotatable bonds is 3. The number of esters is 1. The number of carbonyl (C=O) groups excluding carboxylic acids is 1. The molecule has 3 rings (SSSR count). The second-order valence-electron chi connectivity index (χ2n) is 6.86. The Balaban J connectivity index is 2.05. The van der Waals surface area contributed by atoms with E-state index in [0.29, 0.717) is 41.4 Å². The zero-order valence-corrected chi connectivity index (χ0v) is 14.2. The van der Waals surface area contributed by atoms with Gasteiger partial charge in [0.1, 0.15) is 0 Å². The Hall–Kier alpha value is -1.85. The third-order valence-corrected chi connectivity index (χ3v) is 5.10. The quantitative estimate of drug-likeness (QED) is 0.671. The molecule has 1 heterocycles. The highest BCUT2D eigenvalue weighted by Gasteiger charge is 2.35. The molecule has 0 spiro atoms. The number of anilines is 2. The maximum absolute atomic E-state index is 13.7. The van der Waals surface area contributed by atoms with E-state index in [1.54, 1.807) is 0 Å². The molecular formula is C18H24F2N2O2. The monoisotopic (exact) mass is 338 g/mol. The first-order valence-corrected chi connectivity index (χ1v) is 8.48. The van der Waals surface area contributed by atoms with Crippen LogP contribution >= 0.6 is 0 Å². The summed E-state index contributed by atoms with van der Waals surface area (Å²) in [5.74, 6) is -2.68. The molecule has 0 unspecified atom stereocenters. The molecule has 0 atom stereocenters. The Morgan fingerprint density at radius 3 is 2.67 bits per heavy atom. The van der Waals surface area contributed by atoms with Crippen molar-refractivity contribution in [2.75, 3.05) is 30.8 Å². The molecule has 1 aliphatic heterocycles. The highest BCUT2D eigenvalue weighted by atomic mass is 19.3. The van der Waals surface area contributed by atoms with E-state index in [4.69, 9.17) is 10.5 Å². The molecule has 132 valence electrons. The van der Waals surface area contributed by atoms with E-state index in [-0.39, 0.29) is 19.4 Å². The molecule has 24 heavy (non-hydrogen) atoms. The van der Waals surface area contributed by atoms with Crippen LogP contribution in [0.4, 0.5) is 20.2 Å². The van der Waals surface area contributed by atoms with Gasteiger partial charge in [-0.15, -0.1) is 0 Å². The molecule has 1 aliphatic carbocycles. The van der Waals surface area contributed by atoms with E-state index < -0.39 is 11.9 Å². The molecule has 2 N–H and O–H groups in total. The van der Waals surface area contributed by atoms with Crippen molar-refractivity contribution in [2.24, 2.45) is 0 Å². The van der Waals surface area contributed by atoms with E-state index >= 15 is 0 Å². The number of nitrogens with zero attached hydrogens (tertiary/aromatic N) is 1. The zero-order valence-electron chi connectivity index (χ0n) is 14.2. The first kappa shape index (κ1) is 17.0. The molecule has 0 radical (unpaired) electrons. The van der Waals surface area contributed by atoms with Gasteiger partial charge in [-0.05, 0) is 49.3 Å². The lowest BCUT2D eigenvalue weighted by molar-refractivity contribution is -0.0102. The average Bonchev–Trinajstić information content (AvgIpc) is 3.37. The number of nitrogens with two attached hydrogens (primary N) is 1. The molecule has 6 heteroatoms. The number of benzene rings is 1. The SMILES string of the molecule is COC(=O)c1c(N2CCCC(F)(F)CC2)cc(C2CC2)c(N)c1C. The summed E-state index contributed by atoms with van der Waals surface area (Å²) in [7, 11) is 1.33. The number of methoxy groups -OCH3 is 1. The number of hydrogen-bond donors (Lipinski definition) is 1. The molecule has 2 aliphatic rings. The lowest BCUT2D eigenvalue weighted by atomic mass is 9.96. The number of halogens is 2. The standard InChI is InChI=1S/C18H24F2N2O2/c1-11-15(17(23)24-2)14(10-13(16(11)21)12-4-5-12)22-8-3-6-18(19,20)7-9-22/h10,12H,3-9,21H2,1-2H3. The second-order valence-corrected chi connectivity index (χ2v) is 6.86. The maximum atomic E-state index is 13.7. The number of hydrogen-bond acceptors (Lipinski definition) is 4. The van der Waals surface area contributed by atoms with Crippen molar-refractivity contribution in [1.82, 2.24) is 0 Å². The van der Waals surface area contributed by atoms with Gasteiger partial charge in [0.2, 0.25) is 5.92 Å². The van der Waals surface area contributed by atoms with E-state index in [9.17, 15) is 13.6 Å². The molecule has 1 aromatic rings. The van der Waals surface area contributed by atoms with Gasteiger partial charge in [0, 0.05) is 31.6 Å². The lowest BCUT2D eigenvalue weighted by Gasteiger charge is -2.27. The van der Waals surface area contributed by atoms with Gasteiger partial charge >= 0.3 is 5.97 Å². The topological polar surface area (TPSA) is 55.6 Å². The van der Waals surface area contributed by atoms with Crippen LogP contribution in [0.5, 0.6) is 0 Å². The largest absolute Gasteiger partial charge is 0.465 e. The van der Waals surface area contributed by atoms with E-state index in [1.807, 2.05) is 17.9 Å². The molecular weight excluding hydrogens is 314 g/mol. The minimum atomic E-state index is -2.64. The van der Waals surface area contributed by atoms with Crippen LogP contribution in [0.2, 0.25) is 0 Å². The molecule has 1 saturated carbocycles. The van der Waals surface area contributed by atoms with E-state index in [2.05, 4.69) is 0 Å². The summed E-state index contributed by atoms with van der Waals surface area (Å²) in [5.41, 5.74) is 9.69. The first-order valence-electron chi connectivity index (χ1n) is 8.48. The maximum Gasteiger partial charge on any atom is 0.340 e. The molecule has 1 aromatic carbocycles. The van der Waals surface area contributed by atoms with Crippen LogP contribution < -0.4 is 10.6 Å². The summed E-state index contributed by atoms with van der Waals surface area (Å²) in [4.78, 5) is 14.2. The first-order chi connectivity index (χ1) is 11.3. The fourth-order valence-electron chi connectivity index (χ4n) is 3.49. The third-order valence-electron chi connectivity index (χ3n) is 5.10. The number of nitrogen functional groups attached to an aromatic ring is 1. The summed E-state index contributed by atoms with van der Waals surface area (Å²) < 4.78 is 32.3. The molecule has 2 fully saturated rings. The minimum absolute atomic E-state index is 0.111. The number of carbonyl (C=O) groups is 1.